The summed E-state index contributed by atoms with van der Waals surface area (Å²) in [5, 5.41) is 5.22. The molecule has 0 atom stereocenters. The van der Waals surface area contributed by atoms with Crippen molar-refractivity contribution >= 4 is 28.2 Å². The zero-order valence-corrected chi connectivity index (χ0v) is 19.1. The van der Waals surface area contributed by atoms with Crippen LogP contribution in [0.15, 0.2) is 54.6 Å². The van der Waals surface area contributed by atoms with Crippen LogP contribution in [0.4, 0.5) is 5.00 Å². The lowest BCUT2D eigenvalue weighted by atomic mass is 10.0. The molecular formula is C25H27N3O3S. The highest BCUT2D eigenvalue weighted by atomic mass is 32.1. The maximum absolute atomic E-state index is 13.3. The molecule has 7 heteroatoms. The number of rotatable bonds is 6. The number of ether oxygens (including phenoxy) is 1. The summed E-state index contributed by atoms with van der Waals surface area (Å²) in [6.45, 7) is 0. The van der Waals surface area contributed by atoms with Gasteiger partial charge in [-0.15, -0.1) is 11.3 Å². The van der Waals surface area contributed by atoms with Gasteiger partial charge in [0.25, 0.3) is 11.8 Å². The second-order valence-electron chi connectivity index (χ2n) is 7.97. The first-order valence-electron chi connectivity index (χ1n) is 10.8. The van der Waals surface area contributed by atoms with Crippen molar-refractivity contribution in [1.29, 1.82) is 0 Å². The van der Waals surface area contributed by atoms with Gasteiger partial charge in [-0.2, -0.15) is 0 Å². The number of aryl methyl sites for hydroxylation is 1. The summed E-state index contributed by atoms with van der Waals surface area (Å²) in [6.07, 6.45) is 5.09. The summed E-state index contributed by atoms with van der Waals surface area (Å²) in [4.78, 5) is 27.5. The molecule has 1 aromatic heterocycles. The maximum Gasteiger partial charge on any atom is 0.268 e. The van der Waals surface area contributed by atoms with Crippen molar-refractivity contribution in [1.82, 2.24) is 10.4 Å². The Labute approximate surface area is 192 Å². The monoisotopic (exact) mass is 449 g/mol. The number of anilines is 1. The Morgan fingerprint density at radius 3 is 2.41 bits per heavy atom. The lowest BCUT2D eigenvalue weighted by Crippen LogP contribution is -2.36. The molecule has 2 amide bonds. The molecule has 0 bridgehead atoms. The summed E-state index contributed by atoms with van der Waals surface area (Å²) in [5.41, 5.74) is 4.90. The highest BCUT2D eigenvalue weighted by molar-refractivity contribution is 7.17. The normalized spacial score (nSPS) is 13.2. The summed E-state index contributed by atoms with van der Waals surface area (Å²) >= 11 is 1.51. The van der Waals surface area contributed by atoms with Crippen LogP contribution in [0.3, 0.4) is 0 Å². The Balaban J connectivity index is 1.65. The Kier molecular flexibility index (Phi) is 6.87. The van der Waals surface area contributed by atoms with E-state index in [2.05, 4.69) is 10.7 Å². The van der Waals surface area contributed by atoms with E-state index >= 15 is 0 Å². The zero-order valence-electron chi connectivity index (χ0n) is 18.3. The number of thiophene rings is 1. The number of amides is 2. The first kappa shape index (κ1) is 22.0. The molecule has 3 aromatic rings. The van der Waals surface area contributed by atoms with E-state index in [9.17, 15) is 9.59 Å². The number of nitrogens with zero attached hydrogens (tertiary/aromatic N) is 1. The molecule has 0 saturated carbocycles. The van der Waals surface area contributed by atoms with Gasteiger partial charge in [-0.1, -0.05) is 36.8 Å². The molecule has 1 aliphatic carbocycles. The third-order valence-electron chi connectivity index (χ3n) is 5.30. The molecule has 1 aliphatic rings. The number of hydrogen-bond acceptors (Lipinski definition) is 5. The largest absolute Gasteiger partial charge is 0.457 e. The minimum absolute atomic E-state index is 0.196. The van der Waals surface area contributed by atoms with Crippen LogP contribution < -0.4 is 15.5 Å². The molecule has 0 fully saturated rings. The van der Waals surface area contributed by atoms with E-state index in [0.717, 1.165) is 37.7 Å². The van der Waals surface area contributed by atoms with Crippen LogP contribution in [-0.4, -0.2) is 30.9 Å². The topological polar surface area (TPSA) is 70.7 Å². The Morgan fingerprint density at radius 1 is 0.906 bits per heavy atom. The van der Waals surface area contributed by atoms with E-state index in [0.29, 0.717) is 27.6 Å². The first-order valence-corrected chi connectivity index (χ1v) is 11.6. The molecule has 0 aliphatic heterocycles. The molecule has 0 unspecified atom stereocenters. The zero-order chi connectivity index (χ0) is 22.5. The van der Waals surface area contributed by atoms with E-state index in [-0.39, 0.29) is 11.8 Å². The van der Waals surface area contributed by atoms with Gasteiger partial charge in [0, 0.05) is 19.0 Å². The lowest BCUT2D eigenvalue weighted by Gasteiger charge is -2.15. The predicted octanol–water partition coefficient (Wildman–Crippen LogP) is 5.27. The van der Waals surface area contributed by atoms with E-state index < -0.39 is 0 Å². The number of fused-ring (bicyclic) bond motifs is 1. The highest BCUT2D eigenvalue weighted by Gasteiger charge is 2.27. The minimum atomic E-state index is -0.299. The third-order valence-corrected chi connectivity index (χ3v) is 6.51. The third kappa shape index (κ3) is 5.00. The summed E-state index contributed by atoms with van der Waals surface area (Å²) in [5.74, 6) is 0.626. The number of hydrazine groups is 1. The molecule has 2 aromatic carbocycles. The van der Waals surface area contributed by atoms with E-state index in [1.165, 1.54) is 16.2 Å². The number of hydrogen-bond donors (Lipinski definition) is 2. The summed E-state index contributed by atoms with van der Waals surface area (Å²) < 4.78 is 5.95. The van der Waals surface area contributed by atoms with E-state index in [4.69, 9.17) is 4.74 Å². The van der Waals surface area contributed by atoms with Crippen molar-refractivity contribution in [2.75, 3.05) is 19.4 Å². The fourth-order valence-corrected chi connectivity index (χ4v) is 5.14. The predicted molar refractivity (Wildman–Crippen MR) is 128 cm³/mol. The smallest absolute Gasteiger partial charge is 0.268 e. The van der Waals surface area contributed by atoms with Crippen molar-refractivity contribution in [3.05, 3.63) is 76.2 Å². The van der Waals surface area contributed by atoms with Crippen molar-refractivity contribution in [2.24, 2.45) is 0 Å². The minimum Gasteiger partial charge on any atom is -0.457 e. The van der Waals surface area contributed by atoms with Gasteiger partial charge >= 0.3 is 0 Å². The Hall–Kier alpha value is -3.16. The molecule has 0 spiro atoms. The van der Waals surface area contributed by atoms with Crippen LogP contribution in [0.2, 0.25) is 0 Å². The van der Waals surface area contributed by atoms with Crippen LogP contribution in [0.25, 0.3) is 0 Å². The van der Waals surface area contributed by atoms with Gasteiger partial charge in [0.1, 0.15) is 16.5 Å². The number of benzene rings is 2. The van der Waals surface area contributed by atoms with E-state index in [1.807, 2.05) is 36.4 Å². The molecule has 0 saturated heterocycles. The second-order valence-corrected chi connectivity index (χ2v) is 9.07. The van der Waals surface area contributed by atoms with Gasteiger partial charge in [-0.3, -0.25) is 15.0 Å². The van der Waals surface area contributed by atoms with Crippen LogP contribution >= 0.6 is 11.3 Å². The molecule has 6 nitrogen and oxygen atoms in total. The van der Waals surface area contributed by atoms with Crippen LogP contribution in [0, 0.1) is 0 Å². The average molecular weight is 450 g/mol. The van der Waals surface area contributed by atoms with Gasteiger partial charge in [0.2, 0.25) is 0 Å². The fraction of sp³-hybridized carbons (Fsp3) is 0.280. The van der Waals surface area contributed by atoms with Crippen molar-refractivity contribution in [3.63, 3.8) is 0 Å². The SMILES string of the molecule is CN(C)NC(=O)c1c(NC(=O)c2ccccc2Oc2ccccc2)sc2c1CCCCC2. The second kappa shape index (κ2) is 9.97. The van der Waals surface area contributed by atoms with Gasteiger partial charge in [0.15, 0.2) is 0 Å². The van der Waals surface area contributed by atoms with Gasteiger partial charge in [0.05, 0.1) is 11.1 Å². The standard InChI is InChI=1S/C25H27N3O3S/c1-28(2)27-24(30)22-19-14-7-4-8-16-21(19)32-25(22)26-23(29)18-13-9-10-15-20(18)31-17-11-5-3-6-12-17/h3,5-6,9-13,15H,4,7-8,14,16H2,1-2H3,(H,26,29)(H,27,30). The molecule has 2 N–H and O–H groups in total. The maximum atomic E-state index is 13.3. The van der Waals surface area contributed by atoms with Gasteiger partial charge in [-0.05, 0) is 55.5 Å². The lowest BCUT2D eigenvalue weighted by molar-refractivity contribution is 0.0857. The summed E-state index contributed by atoms with van der Waals surface area (Å²) in [6, 6.07) is 16.5. The van der Waals surface area contributed by atoms with Crippen LogP contribution in [0.1, 0.15) is 50.4 Å². The molecule has 0 radical (unpaired) electrons. The first-order chi connectivity index (χ1) is 15.5. The van der Waals surface area contributed by atoms with Gasteiger partial charge in [-0.25, -0.2) is 5.01 Å². The Bertz CT molecular complexity index is 1110. The van der Waals surface area contributed by atoms with Crippen molar-refractivity contribution in [3.8, 4) is 11.5 Å². The Morgan fingerprint density at radius 2 is 1.62 bits per heavy atom. The summed E-state index contributed by atoms with van der Waals surface area (Å²) in [7, 11) is 3.55. The molecular weight excluding hydrogens is 422 g/mol. The number of carbonyl (C=O) groups is 2. The molecule has 32 heavy (non-hydrogen) atoms. The van der Waals surface area contributed by atoms with Crippen molar-refractivity contribution in [2.45, 2.75) is 32.1 Å². The van der Waals surface area contributed by atoms with Crippen LogP contribution in [0.5, 0.6) is 11.5 Å². The fourth-order valence-electron chi connectivity index (χ4n) is 3.86. The number of nitrogens with one attached hydrogen (secondary N) is 2. The molecule has 166 valence electrons. The highest BCUT2D eigenvalue weighted by Crippen LogP contribution is 2.38. The van der Waals surface area contributed by atoms with E-state index in [1.54, 1.807) is 37.3 Å². The number of carbonyl (C=O) groups excluding carboxylic acids is 2. The number of para-hydroxylation sites is 2. The van der Waals surface area contributed by atoms with Gasteiger partial charge < -0.3 is 10.1 Å². The van der Waals surface area contributed by atoms with Crippen LogP contribution in [-0.2, 0) is 12.8 Å². The molecule has 4 rings (SSSR count). The average Bonchev–Trinajstić information content (AvgIpc) is 2.94. The quantitative estimate of drug-likeness (QED) is 0.397. The molecule has 1 heterocycles. The van der Waals surface area contributed by atoms with Crippen molar-refractivity contribution < 1.29 is 14.3 Å².